The van der Waals surface area contributed by atoms with Gasteiger partial charge in [0.15, 0.2) is 5.82 Å². The number of carbonyl (C=O) groups excluding carboxylic acids is 1. The van der Waals surface area contributed by atoms with Crippen molar-refractivity contribution in [1.29, 1.82) is 0 Å². The predicted octanol–water partition coefficient (Wildman–Crippen LogP) is 3.11. The van der Waals surface area contributed by atoms with Gasteiger partial charge in [-0.2, -0.15) is 0 Å². The number of carbonyl (C=O) groups is 1. The zero-order chi connectivity index (χ0) is 18.8. The monoisotopic (exact) mass is 360 g/mol. The van der Waals surface area contributed by atoms with Crippen LogP contribution in [0.15, 0.2) is 61.2 Å². The molecule has 7 heteroatoms. The van der Waals surface area contributed by atoms with Gasteiger partial charge in [-0.05, 0) is 24.3 Å². The van der Waals surface area contributed by atoms with E-state index in [2.05, 4.69) is 20.5 Å². The third-order valence-electron chi connectivity index (χ3n) is 4.55. The molecule has 1 unspecified atom stereocenters. The highest BCUT2D eigenvalue weighted by atomic mass is 16.1. The smallest absolute Gasteiger partial charge is 0.229 e. The summed E-state index contributed by atoms with van der Waals surface area (Å²) < 4.78 is 3.85. The molecule has 27 heavy (non-hydrogen) atoms. The van der Waals surface area contributed by atoms with Crippen LogP contribution in [0.2, 0.25) is 0 Å². The number of aryl methyl sites for hydroxylation is 1. The van der Waals surface area contributed by atoms with E-state index in [1.807, 2.05) is 71.6 Å². The molecule has 0 saturated carbocycles. The van der Waals surface area contributed by atoms with Gasteiger partial charge in [-0.3, -0.25) is 4.79 Å². The third-order valence-corrected chi connectivity index (χ3v) is 4.55. The highest BCUT2D eigenvalue weighted by molar-refractivity contribution is 5.93. The summed E-state index contributed by atoms with van der Waals surface area (Å²) in [7, 11) is 1.89. The van der Waals surface area contributed by atoms with Crippen molar-refractivity contribution < 1.29 is 4.79 Å². The van der Waals surface area contributed by atoms with Crippen molar-refractivity contribution >= 4 is 22.6 Å². The Labute approximate surface area is 156 Å². The molecule has 1 amide bonds. The summed E-state index contributed by atoms with van der Waals surface area (Å²) in [5, 5.41) is 11.0. The lowest BCUT2D eigenvalue weighted by atomic mass is 10.1. The lowest BCUT2D eigenvalue weighted by molar-refractivity contribution is -0.119. The summed E-state index contributed by atoms with van der Waals surface area (Å²) in [5.41, 5.74) is 3.60. The molecule has 0 saturated heterocycles. The van der Waals surface area contributed by atoms with E-state index in [0.29, 0.717) is 6.54 Å². The maximum absolute atomic E-state index is 12.7. The highest BCUT2D eigenvalue weighted by Gasteiger charge is 2.16. The summed E-state index contributed by atoms with van der Waals surface area (Å²) in [6.45, 7) is 2.48. The lowest BCUT2D eigenvalue weighted by Gasteiger charge is -2.14. The molecule has 7 nitrogen and oxygen atoms in total. The molecule has 0 radical (unpaired) electrons. The second-order valence-corrected chi connectivity index (χ2v) is 6.62. The number of benzene rings is 2. The fourth-order valence-electron chi connectivity index (χ4n) is 3.08. The first-order valence-electron chi connectivity index (χ1n) is 8.77. The van der Waals surface area contributed by atoms with Crippen molar-refractivity contribution in [3.8, 4) is 11.4 Å². The van der Waals surface area contributed by atoms with Gasteiger partial charge in [-0.15, -0.1) is 10.2 Å². The molecule has 0 spiro atoms. The second-order valence-electron chi connectivity index (χ2n) is 6.62. The van der Waals surface area contributed by atoms with Gasteiger partial charge in [-0.1, -0.05) is 31.2 Å². The van der Waals surface area contributed by atoms with Gasteiger partial charge in [-0.25, -0.2) is 4.98 Å². The van der Waals surface area contributed by atoms with Gasteiger partial charge < -0.3 is 14.5 Å². The number of hydrogen-bond donors (Lipinski definition) is 1. The minimum atomic E-state index is -0.207. The molecule has 0 aliphatic rings. The van der Waals surface area contributed by atoms with E-state index >= 15 is 0 Å². The van der Waals surface area contributed by atoms with Crippen LogP contribution < -0.4 is 5.32 Å². The quantitative estimate of drug-likeness (QED) is 0.593. The Morgan fingerprint density at radius 2 is 2.00 bits per heavy atom. The molecule has 4 aromatic rings. The van der Waals surface area contributed by atoms with E-state index < -0.39 is 0 Å². The summed E-state index contributed by atoms with van der Waals surface area (Å²) in [4.78, 5) is 17.0. The SMILES string of the molecule is CC(Cn1cnc2ccccc21)C(=O)Nc1cccc(-c2nncn2C)c1. The Hall–Kier alpha value is -3.48. The minimum Gasteiger partial charge on any atom is -0.330 e. The number of nitrogens with one attached hydrogen (secondary N) is 1. The van der Waals surface area contributed by atoms with E-state index in [1.165, 1.54) is 0 Å². The van der Waals surface area contributed by atoms with E-state index in [4.69, 9.17) is 0 Å². The standard InChI is InChI=1S/C20H20N6O/c1-14(11-26-12-21-17-8-3-4-9-18(17)26)20(27)23-16-7-5-6-15(10-16)19-24-22-13-25(19)2/h3-10,12-14H,11H2,1-2H3,(H,23,27). The summed E-state index contributed by atoms with van der Waals surface area (Å²) in [6, 6.07) is 15.5. The van der Waals surface area contributed by atoms with Crippen LogP contribution in [0.3, 0.4) is 0 Å². The molecule has 136 valence electrons. The largest absolute Gasteiger partial charge is 0.330 e. The fourth-order valence-corrected chi connectivity index (χ4v) is 3.08. The molecular formula is C20H20N6O. The average molecular weight is 360 g/mol. The minimum absolute atomic E-state index is 0.0390. The van der Waals surface area contributed by atoms with E-state index in [-0.39, 0.29) is 11.8 Å². The molecule has 0 fully saturated rings. The fraction of sp³-hybridized carbons (Fsp3) is 0.200. The number of para-hydroxylation sites is 2. The Balaban J connectivity index is 1.48. The second kappa shape index (κ2) is 7.03. The van der Waals surface area contributed by atoms with Gasteiger partial charge in [0.25, 0.3) is 0 Å². The van der Waals surface area contributed by atoms with Gasteiger partial charge in [0, 0.05) is 24.8 Å². The number of aromatic nitrogens is 5. The van der Waals surface area contributed by atoms with Crippen LogP contribution in [0.1, 0.15) is 6.92 Å². The molecule has 2 heterocycles. The number of nitrogens with zero attached hydrogens (tertiary/aromatic N) is 5. The molecular weight excluding hydrogens is 340 g/mol. The van der Waals surface area contributed by atoms with Crippen molar-refractivity contribution in [2.75, 3.05) is 5.32 Å². The maximum Gasteiger partial charge on any atom is 0.229 e. The molecule has 0 bridgehead atoms. The number of fused-ring (bicyclic) bond motifs is 1. The normalized spacial score (nSPS) is 12.2. The number of rotatable bonds is 5. The van der Waals surface area contributed by atoms with Crippen molar-refractivity contribution in [2.24, 2.45) is 13.0 Å². The first-order valence-corrected chi connectivity index (χ1v) is 8.77. The van der Waals surface area contributed by atoms with E-state index in [0.717, 1.165) is 28.1 Å². The van der Waals surface area contributed by atoms with Gasteiger partial charge in [0.2, 0.25) is 5.91 Å². The first kappa shape index (κ1) is 17.0. The highest BCUT2D eigenvalue weighted by Crippen LogP contribution is 2.21. The zero-order valence-electron chi connectivity index (χ0n) is 15.2. The van der Waals surface area contributed by atoms with Crippen LogP contribution in [0.4, 0.5) is 5.69 Å². The van der Waals surface area contributed by atoms with Gasteiger partial charge in [0.1, 0.15) is 6.33 Å². The molecule has 2 aromatic heterocycles. The van der Waals surface area contributed by atoms with Crippen LogP contribution in [-0.2, 0) is 18.4 Å². The molecule has 4 rings (SSSR count). The van der Waals surface area contributed by atoms with Crippen molar-refractivity contribution in [3.05, 3.63) is 61.2 Å². The van der Waals surface area contributed by atoms with Gasteiger partial charge in [0.05, 0.1) is 23.3 Å². The summed E-state index contributed by atoms with van der Waals surface area (Å²) in [6.07, 6.45) is 3.43. The molecule has 0 aliphatic heterocycles. The molecule has 2 aromatic carbocycles. The zero-order valence-corrected chi connectivity index (χ0v) is 15.2. The van der Waals surface area contributed by atoms with Crippen LogP contribution >= 0.6 is 0 Å². The summed E-state index contributed by atoms with van der Waals surface area (Å²) >= 11 is 0. The lowest BCUT2D eigenvalue weighted by Crippen LogP contribution is -2.24. The van der Waals surface area contributed by atoms with Crippen molar-refractivity contribution in [3.63, 3.8) is 0 Å². The Morgan fingerprint density at radius 1 is 1.15 bits per heavy atom. The average Bonchev–Trinajstić information content (AvgIpc) is 3.28. The molecule has 1 atom stereocenters. The van der Waals surface area contributed by atoms with Crippen LogP contribution in [-0.4, -0.2) is 30.2 Å². The first-order chi connectivity index (χ1) is 13.1. The number of anilines is 1. The number of hydrogen-bond acceptors (Lipinski definition) is 4. The van der Waals surface area contributed by atoms with Crippen molar-refractivity contribution in [2.45, 2.75) is 13.5 Å². The van der Waals surface area contributed by atoms with Gasteiger partial charge >= 0.3 is 0 Å². The van der Waals surface area contributed by atoms with Crippen LogP contribution in [0.25, 0.3) is 22.4 Å². The topological polar surface area (TPSA) is 77.6 Å². The van der Waals surface area contributed by atoms with Crippen LogP contribution in [0, 0.1) is 5.92 Å². The Kier molecular flexibility index (Phi) is 4.42. The molecule has 0 aliphatic carbocycles. The van der Waals surface area contributed by atoms with Crippen LogP contribution in [0.5, 0.6) is 0 Å². The molecule has 1 N–H and O–H groups in total. The van der Waals surface area contributed by atoms with Crippen molar-refractivity contribution in [1.82, 2.24) is 24.3 Å². The number of imidazole rings is 1. The Bertz CT molecular complexity index is 1100. The summed E-state index contributed by atoms with van der Waals surface area (Å²) in [5.74, 6) is 0.507. The Morgan fingerprint density at radius 3 is 2.81 bits per heavy atom. The maximum atomic E-state index is 12.7. The predicted molar refractivity (Wildman–Crippen MR) is 104 cm³/mol. The third kappa shape index (κ3) is 3.44. The number of amides is 1. The van der Waals surface area contributed by atoms with E-state index in [9.17, 15) is 4.79 Å². The van der Waals surface area contributed by atoms with E-state index in [1.54, 1.807) is 12.7 Å².